The number of fused-ring (bicyclic) bond motifs is 1. The molecule has 0 saturated heterocycles. The van der Waals surface area contributed by atoms with Crippen LogP contribution in [0.3, 0.4) is 0 Å². The molecule has 0 bridgehead atoms. The third-order valence-corrected chi connectivity index (χ3v) is 3.75. The van der Waals surface area contributed by atoms with Gasteiger partial charge in [-0.05, 0) is 36.8 Å². The van der Waals surface area contributed by atoms with Crippen LogP contribution in [-0.4, -0.2) is 16.7 Å². The van der Waals surface area contributed by atoms with Gasteiger partial charge >= 0.3 is 0 Å². The largest absolute Gasteiger partial charge is 0.351 e. The van der Waals surface area contributed by atoms with Crippen molar-refractivity contribution in [2.75, 3.05) is 0 Å². The van der Waals surface area contributed by atoms with E-state index in [9.17, 15) is 4.79 Å². The van der Waals surface area contributed by atoms with Crippen LogP contribution in [0.1, 0.15) is 35.8 Å². The lowest BCUT2D eigenvalue weighted by Gasteiger charge is -2.05. The molecule has 3 rings (SSSR count). The van der Waals surface area contributed by atoms with Crippen LogP contribution in [0.2, 0.25) is 0 Å². The first kappa shape index (κ1) is 15.0. The Kier molecular flexibility index (Phi) is 4.24. The third-order valence-electron chi connectivity index (χ3n) is 3.75. The van der Waals surface area contributed by atoms with Gasteiger partial charge < -0.3 is 4.57 Å². The first-order chi connectivity index (χ1) is 11.1. The summed E-state index contributed by atoms with van der Waals surface area (Å²) in [5, 5.41) is 6.02. The summed E-state index contributed by atoms with van der Waals surface area (Å²) in [5.74, 6) is -0.207. The molecule has 1 amide bonds. The van der Waals surface area contributed by atoms with Crippen LogP contribution in [-0.2, 0) is 0 Å². The molecule has 0 unspecified atom stereocenters. The number of carbonyl (C=O) groups is 1. The number of rotatable bonds is 4. The lowest BCUT2D eigenvalue weighted by Crippen LogP contribution is -2.17. The van der Waals surface area contributed by atoms with Crippen LogP contribution in [0, 0.1) is 0 Å². The van der Waals surface area contributed by atoms with Gasteiger partial charge in [0.05, 0.1) is 6.21 Å². The summed E-state index contributed by atoms with van der Waals surface area (Å²) in [4.78, 5) is 12.3. The predicted octanol–water partition coefficient (Wildman–Crippen LogP) is 3.99. The number of hydrogen-bond donors (Lipinski definition) is 1. The summed E-state index contributed by atoms with van der Waals surface area (Å²) < 4.78 is 2.09. The van der Waals surface area contributed by atoms with E-state index in [2.05, 4.69) is 28.9 Å². The fraction of sp³-hybridized carbons (Fsp3) is 0.158. The van der Waals surface area contributed by atoms with Crippen molar-refractivity contribution in [1.29, 1.82) is 0 Å². The zero-order chi connectivity index (χ0) is 16.2. The summed E-state index contributed by atoms with van der Waals surface area (Å²) >= 11 is 0. The summed E-state index contributed by atoms with van der Waals surface area (Å²) in [6.07, 6.45) is 5.65. The number of carbonyl (C=O) groups excluding carboxylic acids is 1. The van der Waals surface area contributed by atoms with Gasteiger partial charge in [0.2, 0.25) is 0 Å². The molecular formula is C19H19N3O. The van der Waals surface area contributed by atoms with Crippen LogP contribution in [0.4, 0.5) is 0 Å². The first-order valence-corrected chi connectivity index (χ1v) is 7.64. The Balaban J connectivity index is 1.74. The standard InChI is InChI=1S/C19H19N3O/c1-14(2)22-11-10-15(13-22)12-20-21-19(23)18-9-5-7-16-6-3-4-8-17(16)18/h3-14H,1-2H3,(H,21,23)/b20-12-. The molecular weight excluding hydrogens is 286 g/mol. The molecule has 0 saturated carbocycles. The number of nitrogens with zero attached hydrogens (tertiary/aromatic N) is 2. The molecule has 1 aromatic heterocycles. The van der Waals surface area contributed by atoms with Gasteiger partial charge in [0, 0.05) is 29.6 Å². The normalized spacial score (nSPS) is 11.4. The lowest BCUT2D eigenvalue weighted by atomic mass is 10.0. The average Bonchev–Trinajstić information content (AvgIpc) is 3.03. The van der Waals surface area contributed by atoms with Crippen LogP contribution >= 0.6 is 0 Å². The highest BCUT2D eigenvalue weighted by molar-refractivity contribution is 6.07. The first-order valence-electron chi connectivity index (χ1n) is 7.64. The Bertz CT molecular complexity index is 856. The molecule has 0 atom stereocenters. The quantitative estimate of drug-likeness (QED) is 0.575. The predicted molar refractivity (Wildman–Crippen MR) is 93.8 cm³/mol. The molecule has 4 nitrogen and oxygen atoms in total. The van der Waals surface area contributed by atoms with Gasteiger partial charge in [-0.3, -0.25) is 4.79 Å². The van der Waals surface area contributed by atoms with Crippen molar-refractivity contribution in [3.05, 3.63) is 72.1 Å². The zero-order valence-electron chi connectivity index (χ0n) is 13.2. The summed E-state index contributed by atoms with van der Waals surface area (Å²) in [7, 11) is 0. The molecule has 3 aromatic rings. The molecule has 0 aliphatic carbocycles. The van der Waals surface area contributed by atoms with Gasteiger partial charge in [0.1, 0.15) is 0 Å². The fourth-order valence-corrected chi connectivity index (χ4v) is 2.48. The minimum atomic E-state index is -0.207. The molecule has 116 valence electrons. The topological polar surface area (TPSA) is 46.4 Å². The van der Waals surface area contributed by atoms with Gasteiger partial charge in [-0.15, -0.1) is 0 Å². The smallest absolute Gasteiger partial charge is 0.271 e. The van der Waals surface area contributed by atoms with Crippen molar-refractivity contribution >= 4 is 22.9 Å². The van der Waals surface area contributed by atoms with E-state index in [0.717, 1.165) is 16.3 Å². The van der Waals surface area contributed by atoms with Crippen molar-refractivity contribution in [3.8, 4) is 0 Å². The van der Waals surface area contributed by atoms with Crippen molar-refractivity contribution < 1.29 is 4.79 Å². The van der Waals surface area contributed by atoms with E-state index in [0.29, 0.717) is 11.6 Å². The number of hydrogen-bond acceptors (Lipinski definition) is 2. The van der Waals surface area contributed by atoms with Crippen LogP contribution in [0.5, 0.6) is 0 Å². The number of hydrazone groups is 1. The second-order valence-electron chi connectivity index (χ2n) is 5.71. The maximum Gasteiger partial charge on any atom is 0.271 e. The van der Waals surface area contributed by atoms with Gasteiger partial charge in [-0.2, -0.15) is 5.10 Å². The van der Waals surface area contributed by atoms with E-state index in [4.69, 9.17) is 0 Å². The zero-order valence-corrected chi connectivity index (χ0v) is 13.2. The van der Waals surface area contributed by atoms with Gasteiger partial charge in [-0.25, -0.2) is 5.43 Å². The van der Waals surface area contributed by atoms with Crippen LogP contribution < -0.4 is 5.43 Å². The molecule has 1 heterocycles. The van der Waals surface area contributed by atoms with Crippen molar-refractivity contribution in [3.63, 3.8) is 0 Å². The Morgan fingerprint density at radius 2 is 1.91 bits per heavy atom. The van der Waals surface area contributed by atoms with Crippen molar-refractivity contribution in [2.45, 2.75) is 19.9 Å². The number of amides is 1. The van der Waals surface area contributed by atoms with Gasteiger partial charge in [-0.1, -0.05) is 36.4 Å². The summed E-state index contributed by atoms with van der Waals surface area (Å²) in [6.45, 7) is 4.23. The Hall–Kier alpha value is -2.88. The average molecular weight is 305 g/mol. The second-order valence-corrected chi connectivity index (χ2v) is 5.71. The molecule has 0 fully saturated rings. The van der Waals surface area contributed by atoms with Gasteiger partial charge in [0.25, 0.3) is 5.91 Å². The molecule has 0 radical (unpaired) electrons. The lowest BCUT2D eigenvalue weighted by molar-refractivity contribution is 0.0957. The molecule has 1 N–H and O–H groups in total. The highest BCUT2D eigenvalue weighted by Crippen LogP contribution is 2.18. The maximum absolute atomic E-state index is 12.3. The number of aromatic nitrogens is 1. The summed E-state index contributed by atoms with van der Waals surface area (Å²) in [5.41, 5.74) is 4.18. The molecule has 0 aliphatic heterocycles. The van der Waals surface area contributed by atoms with E-state index in [1.165, 1.54) is 0 Å². The maximum atomic E-state index is 12.3. The Morgan fingerprint density at radius 1 is 1.13 bits per heavy atom. The van der Waals surface area contributed by atoms with E-state index >= 15 is 0 Å². The summed E-state index contributed by atoms with van der Waals surface area (Å²) in [6, 6.07) is 15.9. The van der Waals surface area contributed by atoms with Crippen molar-refractivity contribution in [2.24, 2.45) is 5.10 Å². The Labute approximate surface area is 135 Å². The molecule has 4 heteroatoms. The molecule has 0 spiro atoms. The molecule has 2 aromatic carbocycles. The number of benzene rings is 2. The SMILES string of the molecule is CC(C)n1ccc(/C=N\NC(=O)c2cccc3ccccc23)c1. The highest BCUT2D eigenvalue weighted by Gasteiger charge is 2.08. The van der Waals surface area contributed by atoms with E-state index < -0.39 is 0 Å². The van der Waals surface area contributed by atoms with Crippen LogP contribution in [0.25, 0.3) is 10.8 Å². The molecule has 23 heavy (non-hydrogen) atoms. The number of nitrogens with one attached hydrogen (secondary N) is 1. The minimum Gasteiger partial charge on any atom is -0.351 e. The van der Waals surface area contributed by atoms with E-state index in [1.807, 2.05) is 60.9 Å². The monoisotopic (exact) mass is 305 g/mol. The van der Waals surface area contributed by atoms with Crippen molar-refractivity contribution in [1.82, 2.24) is 9.99 Å². The highest BCUT2D eigenvalue weighted by atomic mass is 16.2. The van der Waals surface area contributed by atoms with E-state index in [1.54, 1.807) is 6.21 Å². The third kappa shape index (κ3) is 3.31. The van der Waals surface area contributed by atoms with E-state index in [-0.39, 0.29) is 5.91 Å². The second kappa shape index (κ2) is 6.48. The molecule has 0 aliphatic rings. The fourth-order valence-electron chi connectivity index (χ4n) is 2.48. The van der Waals surface area contributed by atoms with Crippen LogP contribution in [0.15, 0.2) is 66.0 Å². The Morgan fingerprint density at radius 3 is 2.70 bits per heavy atom. The minimum absolute atomic E-state index is 0.207. The van der Waals surface area contributed by atoms with Gasteiger partial charge in [0.15, 0.2) is 0 Å².